The van der Waals surface area contributed by atoms with Crippen molar-refractivity contribution in [2.24, 2.45) is 16.6 Å². The van der Waals surface area contributed by atoms with Gasteiger partial charge in [-0.3, -0.25) is 9.79 Å². The highest BCUT2D eigenvalue weighted by atomic mass is 32.2. The molecule has 1 aromatic carbocycles. The quantitative estimate of drug-likeness (QED) is 0.573. The van der Waals surface area contributed by atoms with Crippen molar-refractivity contribution in [1.29, 1.82) is 0 Å². The molecule has 4 rings (SSSR count). The van der Waals surface area contributed by atoms with Gasteiger partial charge in [-0.2, -0.15) is 8.78 Å². The van der Waals surface area contributed by atoms with Gasteiger partial charge in [0.15, 0.2) is 5.17 Å². The highest BCUT2D eigenvalue weighted by molar-refractivity contribution is 8.13. The zero-order valence-electron chi connectivity index (χ0n) is 17.1. The minimum Gasteiger partial charge on any atom is -0.433 e. The molecule has 2 aliphatic rings. The number of benzene rings is 1. The van der Waals surface area contributed by atoms with Gasteiger partial charge in [-0.05, 0) is 30.3 Å². The van der Waals surface area contributed by atoms with Crippen LogP contribution in [0.5, 0.6) is 5.75 Å². The second-order valence-electron chi connectivity index (χ2n) is 7.51. The molecule has 3 heterocycles. The lowest BCUT2D eigenvalue weighted by molar-refractivity contribution is -0.0714. The first kappa shape index (κ1) is 25.8. The van der Waals surface area contributed by atoms with Gasteiger partial charge in [0, 0.05) is 35.9 Å². The van der Waals surface area contributed by atoms with Crippen molar-refractivity contribution in [3.63, 3.8) is 0 Å². The Bertz CT molecular complexity index is 1060. The van der Waals surface area contributed by atoms with Crippen molar-refractivity contribution >= 4 is 28.5 Å². The van der Waals surface area contributed by atoms with E-state index in [1.165, 1.54) is 42.1 Å². The van der Waals surface area contributed by atoms with E-state index in [4.69, 9.17) is 10.5 Å². The van der Waals surface area contributed by atoms with E-state index in [1.54, 1.807) is 0 Å². The average molecular weight is 501 g/mol. The van der Waals surface area contributed by atoms with Crippen LogP contribution in [0, 0.1) is 11.7 Å². The van der Waals surface area contributed by atoms with E-state index >= 15 is 4.39 Å². The zero-order chi connectivity index (χ0) is 23.6. The maximum Gasteiger partial charge on any atom is 0.387 e. The lowest BCUT2D eigenvalue weighted by Crippen LogP contribution is -2.52. The maximum absolute atomic E-state index is 15.0. The molecule has 0 aliphatic carbocycles. The third-order valence-corrected chi connectivity index (χ3v) is 6.55. The number of hydrogen-bond donors (Lipinski definition) is 2. The predicted octanol–water partition coefficient (Wildman–Crippen LogP) is 4.34. The van der Waals surface area contributed by atoms with Gasteiger partial charge in [-0.25, -0.2) is 13.8 Å². The molecule has 2 aliphatic heterocycles. The molecule has 0 bridgehead atoms. The number of nitrogens with two attached hydrogens (primary N) is 1. The lowest BCUT2D eigenvalue weighted by Gasteiger charge is -2.47. The summed E-state index contributed by atoms with van der Waals surface area (Å²) in [6, 6.07) is 6.41. The summed E-state index contributed by atoms with van der Waals surface area (Å²) in [6.45, 7) is -3.57. The number of aromatic nitrogens is 1. The number of amidine groups is 1. The van der Waals surface area contributed by atoms with Gasteiger partial charge in [0.2, 0.25) is 0 Å². The summed E-state index contributed by atoms with van der Waals surface area (Å²) in [4.78, 5) is 20.9. The Morgan fingerprint density at radius 2 is 2.15 bits per heavy atom. The Balaban J connectivity index is 0.00000324. The van der Waals surface area contributed by atoms with Crippen LogP contribution in [0.2, 0.25) is 0 Å². The maximum atomic E-state index is 15.0. The summed E-state index contributed by atoms with van der Waals surface area (Å²) in [7, 11) is 0. The first-order chi connectivity index (χ1) is 15.8. The van der Waals surface area contributed by atoms with Gasteiger partial charge in [-0.15, -0.1) is 0 Å². The number of amides is 1. The van der Waals surface area contributed by atoms with Crippen molar-refractivity contribution in [1.82, 2.24) is 4.98 Å². The number of anilines is 1. The summed E-state index contributed by atoms with van der Waals surface area (Å²) < 4.78 is 63.0. The Hall–Kier alpha value is -2.86. The number of pyridine rings is 1. The van der Waals surface area contributed by atoms with E-state index in [0.717, 1.165) is 6.20 Å². The molecule has 3 N–H and O–H groups in total. The van der Waals surface area contributed by atoms with E-state index in [9.17, 15) is 18.0 Å². The molecule has 1 saturated heterocycles. The number of carbonyl (C=O) groups excluding carboxylic acids is 1. The molecule has 184 valence electrons. The van der Waals surface area contributed by atoms with Crippen LogP contribution in [-0.2, 0) is 10.3 Å². The van der Waals surface area contributed by atoms with Crippen LogP contribution in [0.25, 0.3) is 0 Å². The minimum atomic E-state index is -3.01. The first-order valence-corrected chi connectivity index (χ1v) is 11.0. The number of hydrogen-bond acceptors (Lipinski definition) is 7. The smallest absolute Gasteiger partial charge is 0.387 e. The molecule has 0 spiro atoms. The number of halogens is 4. The molecule has 12 heteroatoms. The van der Waals surface area contributed by atoms with E-state index in [2.05, 4.69) is 20.0 Å². The number of ether oxygens (including phenoxy) is 2. The lowest BCUT2D eigenvalue weighted by atomic mass is 9.72. The number of alkyl halides is 3. The Labute approximate surface area is 198 Å². The fourth-order valence-electron chi connectivity index (χ4n) is 4.13. The van der Waals surface area contributed by atoms with Crippen molar-refractivity contribution in [2.45, 2.75) is 32.1 Å². The molecule has 3 atom stereocenters. The van der Waals surface area contributed by atoms with Gasteiger partial charge in [0.25, 0.3) is 5.91 Å². The highest BCUT2D eigenvalue weighted by Crippen LogP contribution is 2.48. The van der Waals surface area contributed by atoms with Gasteiger partial charge >= 0.3 is 6.61 Å². The van der Waals surface area contributed by atoms with Gasteiger partial charge in [-0.1, -0.05) is 19.2 Å². The highest BCUT2D eigenvalue weighted by Gasteiger charge is 2.51. The number of fused-ring (bicyclic) bond motifs is 1. The van der Waals surface area contributed by atoms with Crippen LogP contribution < -0.4 is 15.8 Å². The SMILES string of the molecule is C.NC1=N[C@@]2(c3cc(NC(=O)c4ccc(OC(F)F)cn4)ccc3F)CCO[C@H](CF)[C@H]2CS1. The zero-order valence-corrected chi connectivity index (χ0v) is 18.0. The summed E-state index contributed by atoms with van der Waals surface area (Å²) in [5.74, 6) is -1.42. The van der Waals surface area contributed by atoms with Crippen LogP contribution in [0.3, 0.4) is 0 Å². The molecular formula is C22H24F4N4O3S. The van der Waals surface area contributed by atoms with Crippen LogP contribution in [0.1, 0.15) is 29.9 Å². The van der Waals surface area contributed by atoms with E-state index in [1.807, 2.05) is 0 Å². The van der Waals surface area contributed by atoms with Gasteiger partial charge in [0.05, 0.1) is 17.8 Å². The number of thioether (sulfide) groups is 1. The summed E-state index contributed by atoms with van der Waals surface area (Å²) in [5.41, 5.74) is 5.22. The van der Waals surface area contributed by atoms with Crippen LogP contribution in [0.15, 0.2) is 41.5 Å². The monoisotopic (exact) mass is 500 g/mol. The average Bonchev–Trinajstić information content (AvgIpc) is 2.79. The molecule has 1 aromatic heterocycles. The number of nitrogens with one attached hydrogen (secondary N) is 1. The third kappa shape index (κ3) is 5.12. The van der Waals surface area contributed by atoms with Crippen molar-refractivity contribution in [3.8, 4) is 5.75 Å². The molecule has 1 fully saturated rings. The van der Waals surface area contributed by atoms with Gasteiger partial charge in [0.1, 0.15) is 23.9 Å². The second kappa shape index (κ2) is 10.6. The number of carbonyl (C=O) groups is 1. The molecule has 2 aromatic rings. The normalized spacial score (nSPS) is 24.0. The van der Waals surface area contributed by atoms with Crippen molar-refractivity contribution in [2.75, 3.05) is 24.4 Å². The predicted molar refractivity (Wildman–Crippen MR) is 122 cm³/mol. The standard InChI is InChI=1S/C21H20F4N4O3S.CH4/c22-8-17-14-10-33-20(26)29-21(14,5-6-31-17)13-7-11(1-3-15(13)23)28-18(30)16-4-2-12(9-27-16)32-19(24)25;/h1-4,7,9,14,17,19H,5-6,8,10H2,(H2,26,29)(H,28,30);1H4/t14-,17-,21-;/m1./s1. The number of rotatable bonds is 6. The van der Waals surface area contributed by atoms with Crippen LogP contribution in [0.4, 0.5) is 23.2 Å². The summed E-state index contributed by atoms with van der Waals surface area (Å²) in [6.07, 6.45) is 0.549. The summed E-state index contributed by atoms with van der Waals surface area (Å²) in [5, 5.41) is 2.88. The van der Waals surface area contributed by atoms with E-state index < -0.39 is 42.6 Å². The largest absolute Gasteiger partial charge is 0.433 e. The topological polar surface area (TPSA) is 98.8 Å². The van der Waals surface area contributed by atoms with E-state index in [-0.39, 0.29) is 41.9 Å². The first-order valence-electron chi connectivity index (χ1n) is 10.0. The Kier molecular flexibility index (Phi) is 8.03. The van der Waals surface area contributed by atoms with E-state index in [0.29, 0.717) is 12.2 Å². The summed E-state index contributed by atoms with van der Waals surface area (Å²) >= 11 is 1.26. The molecule has 0 saturated carbocycles. The Morgan fingerprint density at radius 3 is 2.82 bits per heavy atom. The molecule has 34 heavy (non-hydrogen) atoms. The third-order valence-electron chi connectivity index (χ3n) is 5.63. The number of nitrogens with zero attached hydrogens (tertiary/aromatic N) is 2. The molecule has 0 unspecified atom stereocenters. The van der Waals surface area contributed by atoms with Crippen LogP contribution >= 0.6 is 11.8 Å². The molecule has 7 nitrogen and oxygen atoms in total. The number of aliphatic imine (C=N–C) groups is 1. The van der Waals surface area contributed by atoms with Crippen molar-refractivity contribution < 1.29 is 31.8 Å². The van der Waals surface area contributed by atoms with Gasteiger partial charge < -0.3 is 20.5 Å². The molecule has 0 radical (unpaired) electrons. The van der Waals surface area contributed by atoms with Crippen LogP contribution in [-0.4, -0.2) is 47.8 Å². The fourth-order valence-corrected chi connectivity index (χ4v) is 5.20. The molecular weight excluding hydrogens is 476 g/mol. The second-order valence-corrected chi connectivity index (χ2v) is 8.55. The minimum absolute atomic E-state index is 0. The Morgan fingerprint density at radius 1 is 1.35 bits per heavy atom. The molecule has 1 amide bonds. The fraction of sp³-hybridized carbons (Fsp3) is 0.409. The van der Waals surface area contributed by atoms with Crippen molar-refractivity contribution in [3.05, 3.63) is 53.6 Å².